The highest BCUT2D eigenvalue weighted by Crippen LogP contribution is 2.29. The van der Waals surface area contributed by atoms with E-state index in [1.54, 1.807) is 13.0 Å². The van der Waals surface area contributed by atoms with Crippen molar-refractivity contribution >= 4 is 11.9 Å². The minimum Gasteiger partial charge on any atom is -0.378 e. The second-order valence-corrected chi connectivity index (χ2v) is 8.87. The van der Waals surface area contributed by atoms with Gasteiger partial charge in [-0.3, -0.25) is 14.6 Å². The second kappa shape index (κ2) is 11.7. The van der Waals surface area contributed by atoms with Crippen LogP contribution in [0.5, 0.6) is 0 Å². The molecule has 1 amide bonds. The Hall–Kier alpha value is -2.92. The highest BCUT2D eigenvalue weighted by molar-refractivity contribution is 5.76. The first-order chi connectivity index (χ1) is 16.5. The molecule has 1 aliphatic heterocycles. The summed E-state index contributed by atoms with van der Waals surface area (Å²) in [7, 11) is 3.72. The number of aromatic nitrogens is 2. The normalized spacial score (nSPS) is 14.4. The van der Waals surface area contributed by atoms with E-state index in [0.29, 0.717) is 62.2 Å². The number of alkyl halides is 3. The summed E-state index contributed by atoms with van der Waals surface area (Å²) in [5.41, 5.74) is 0.355. The molecule has 1 N–H and O–H groups in total. The minimum absolute atomic E-state index is 0.0505. The number of ether oxygens (including phenoxy) is 1. The van der Waals surface area contributed by atoms with Crippen molar-refractivity contribution < 1.29 is 22.7 Å². The van der Waals surface area contributed by atoms with Crippen LogP contribution in [0, 0.1) is 6.92 Å². The molecule has 3 rings (SSSR count). The van der Waals surface area contributed by atoms with E-state index in [4.69, 9.17) is 4.74 Å². The van der Waals surface area contributed by atoms with Crippen LogP contribution in [0.15, 0.2) is 29.1 Å². The van der Waals surface area contributed by atoms with Gasteiger partial charge in [0.05, 0.1) is 18.8 Å². The topological polar surface area (TPSA) is 81.8 Å². The van der Waals surface area contributed by atoms with Crippen LogP contribution in [0.2, 0.25) is 0 Å². The lowest BCUT2D eigenvalue weighted by molar-refractivity contribution is -0.137. The molecular weight excluding hydrogens is 463 g/mol. The van der Waals surface area contributed by atoms with Crippen molar-refractivity contribution in [1.82, 2.24) is 19.8 Å². The first-order valence-electron chi connectivity index (χ1n) is 11.6. The number of hydrogen-bond acceptors (Lipinski definition) is 6. The first-order valence-corrected chi connectivity index (χ1v) is 11.6. The number of aryl methyl sites for hydroxylation is 1. The predicted molar refractivity (Wildman–Crippen MR) is 126 cm³/mol. The number of amides is 1. The summed E-state index contributed by atoms with van der Waals surface area (Å²) in [5.74, 6) is 0.253. The molecule has 0 aliphatic carbocycles. The van der Waals surface area contributed by atoms with Crippen LogP contribution < -0.4 is 10.5 Å². The number of hydrogen-bond donors (Lipinski definition) is 1. The van der Waals surface area contributed by atoms with Gasteiger partial charge < -0.3 is 19.4 Å². The van der Waals surface area contributed by atoms with E-state index in [9.17, 15) is 22.8 Å². The fourth-order valence-electron chi connectivity index (χ4n) is 3.88. The number of nitrogens with zero attached hydrogens (tertiary/aromatic N) is 4. The zero-order valence-corrected chi connectivity index (χ0v) is 20.3. The summed E-state index contributed by atoms with van der Waals surface area (Å²) in [5, 5.41) is 0. The molecule has 2 aromatic rings. The fourth-order valence-corrected chi connectivity index (χ4v) is 3.88. The van der Waals surface area contributed by atoms with Gasteiger partial charge in [0.1, 0.15) is 0 Å². The standard InChI is InChI=1S/C24H32F3N5O3/c1-17-20(22(34)29-23(28-17)31-11-13-35-14-12-31)7-8-21(33)32(10-9-30(2)3)16-18-5-4-6-19(15-18)24(25,26)27/h4-6,15H,7-14,16H2,1-3H3,(H,28,29,34). The molecule has 0 unspecified atom stereocenters. The minimum atomic E-state index is -4.45. The van der Waals surface area contributed by atoms with Gasteiger partial charge in [-0.2, -0.15) is 13.2 Å². The molecule has 1 aromatic carbocycles. The van der Waals surface area contributed by atoms with Gasteiger partial charge in [0.15, 0.2) is 0 Å². The second-order valence-electron chi connectivity index (χ2n) is 8.87. The molecule has 8 nitrogen and oxygen atoms in total. The summed E-state index contributed by atoms with van der Waals surface area (Å²) < 4.78 is 44.7. The summed E-state index contributed by atoms with van der Waals surface area (Å²) in [4.78, 5) is 38.5. The van der Waals surface area contributed by atoms with Crippen molar-refractivity contribution in [3.63, 3.8) is 0 Å². The molecule has 192 valence electrons. The lowest BCUT2D eigenvalue weighted by Crippen LogP contribution is -2.39. The molecule has 2 heterocycles. The van der Waals surface area contributed by atoms with Gasteiger partial charge in [0, 0.05) is 50.4 Å². The van der Waals surface area contributed by atoms with E-state index in [-0.39, 0.29) is 30.9 Å². The van der Waals surface area contributed by atoms with Gasteiger partial charge in [0.2, 0.25) is 11.9 Å². The van der Waals surface area contributed by atoms with E-state index in [1.165, 1.54) is 11.0 Å². The van der Waals surface area contributed by atoms with Crippen molar-refractivity contribution in [2.45, 2.75) is 32.5 Å². The Kier molecular flexibility index (Phi) is 8.90. The lowest BCUT2D eigenvalue weighted by Gasteiger charge is -2.27. The number of carbonyl (C=O) groups is 1. The third-order valence-corrected chi connectivity index (χ3v) is 5.91. The molecule has 0 spiro atoms. The largest absolute Gasteiger partial charge is 0.416 e. The third kappa shape index (κ3) is 7.53. The number of nitrogens with one attached hydrogen (secondary N) is 1. The van der Waals surface area contributed by atoms with Crippen LogP contribution >= 0.6 is 0 Å². The van der Waals surface area contributed by atoms with Crippen LogP contribution in [0.25, 0.3) is 0 Å². The first kappa shape index (κ1) is 26.7. The van der Waals surface area contributed by atoms with Gasteiger partial charge >= 0.3 is 6.18 Å². The van der Waals surface area contributed by atoms with Crippen LogP contribution in [-0.2, 0) is 28.7 Å². The van der Waals surface area contributed by atoms with E-state index in [1.807, 2.05) is 23.9 Å². The Bertz CT molecular complexity index is 1070. The quantitative estimate of drug-likeness (QED) is 0.576. The van der Waals surface area contributed by atoms with Gasteiger partial charge in [-0.1, -0.05) is 12.1 Å². The van der Waals surface area contributed by atoms with E-state index in [2.05, 4.69) is 9.97 Å². The molecule has 11 heteroatoms. The smallest absolute Gasteiger partial charge is 0.378 e. The Balaban J connectivity index is 1.71. The molecule has 35 heavy (non-hydrogen) atoms. The Labute approximate surface area is 202 Å². The Morgan fingerprint density at radius 1 is 1.20 bits per heavy atom. The van der Waals surface area contributed by atoms with Gasteiger partial charge in [-0.15, -0.1) is 0 Å². The van der Waals surface area contributed by atoms with Crippen LogP contribution in [0.3, 0.4) is 0 Å². The number of morpholine rings is 1. The Morgan fingerprint density at radius 2 is 1.91 bits per heavy atom. The zero-order valence-electron chi connectivity index (χ0n) is 20.3. The lowest BCUT2D eigenvalue weighted by atomic mass is 10.1. The average molecular weight is 496 g/mol. The van der Waals surface area contributed by atoms with Crippen molar-refractivity contribution in [3.8, 4) is 0 Å². The monoisotopic (exact) mass is 495 g/mol. The molecule has 0 bridgehead atoms. The number of carbonyl (C=O) groups excluding carboxylic acids is 1. The number of aromatic amines is 1. The van der Waals surface area contributed by atoms with Crippen molar-refractivity contribution in [1.29, 1.82) is 0 Å². The van der Waals surface area contributed by atoms with Crippen LogP contribution in [0.4, 0.5) is 19.1 Å². The SMILES string of the molecule is Cc1nc(N2CCOCC2)[nH]c(=O)c1CCC(=O)N(CCN(C)C)Cc1cccc(C(F)(F)F)c1. The predicted octanol–water partition coefficient (Wildman–Crippen LogP) is 2.46. The number of H-pyrrole nitrogens is 1. The van der Waals surface area contributed by atoms with Crippen molar-refractivity contribution in [2.24, 2.45) is 0 Å². The summed E-state index contributed by atoms with van der Waals surface area (Å²) >= 11 is 0. The van der Waals surface area contributed by atoms with Gasteiger partial charge in [-0.25, -0.2) is 4.98 Å². The number of anilines is 1. The number of rotatable bonds is 9. The zero-order chi connectivity index (χ0) is 25.6. The number of likely N-dealkylation sites (N-methyl/N-ethyl adjacent to an activating group) is 1. The number of halogens is 3. The summed E-state index contributed by atoms with van der Waals surface area (Å²) in [6.45, 7) is 5.10. The number of benzene rings is 1. The fraction of sp³-hybridized carbons (Fsp3) is 0.542. The van der Waals surface area contributed by atoms with E-state index < -0.39 is 11.7 Å². The maximum absolute atomic E-state index is 13.1. The molecule has 1 saturated heterocycles. The summed E-state index contributed by atoms with van der Waals surface area (Å²) in [6, 6.07) is 5.00. The van der Waals surface area contributed by atoms with E-state index in [0.717, 1.165) is 12.1 Å². The molecular formula is C24H32F3N5O3. The molecule has 1 aromatic heterocycles. The highest BCUT2D eigenvalue weighted by atomic mass is 19.4. The Morgan fingerprint density at radius 3 is 2.54 bits per heavy atom. The molecule has 1 aliphatic rings. The van der Waals surface area contributed by atoms with Gasteiger partial charge in [-0.05, 0) is 45.1 Å². The molecule has 0 atom stereocenters. The average Bonchev–Trinajstić information content (AvgIpc) is 2.81. The van der Waals surface area contributed by atoms with Gasteiger partial charge in [0.25, 0.3) is 5.56 Å². The van der Waals surface area contributed by atoms with E-state index >= 15 is 0 Å². The maximum Gasteiger partial charge on any atom is 0.416 e. The summed E-state index contributed by atoms with van der Waals surface area (Å²) in [6.07, 6.45) is -4.21. The maximum atomic E-state index is 13.1. The van der Waals surface area contributed by atoms with Crippen LogP contribution in [-0.4, -0.2) is 79.2 Å². The van der Waals surface area contributed by atoms with Crippen molar-refractivity contribution in [2.75, 3.05) is 58.4 Å². The molecule has 1 fully saturated rings. The van der Waals surface area contributed by atoms with Crippen molar-refractivity contribution in [3.05, 3.63) is 57.0 Å². The highest BCUT2D eigenvalue weighted by Gasteiger charge is 2.30. The van der Waals surface area contributed by atoms with Crippen LogP contribution in [0.1, 0.15) is 28.8 Å². The third-order valence-electron chi connectivity index (χ3n) is 5.91. The molecule has 0 radical (unpaired) electrons. The molecule has 0 saturated carbocycles.